The van der Waals surface area contributed by atoms with Gasteiger partial charge >= 0.3 is 0 Å². The van der Waals surface area contributed by atoms with Gasteiger partial charge in [-0.1, -0.05) is 0 Å². The van der Waals surface area contributed by atoms with E-state index in [0.29, 0.717) is 37.2 Å². The first kappa shape index (κ1) is 18.3. The van der Waals surface area contributed by atoms with Gasteiger partial charge < -0.3 is 10.6 Å². The molecule has 0 aliphatic carbocycles. The molecule has 1 saturated heterocycles. The molecular weight excluding hydrogens is 330 g/mol. The second-order valence-electron chi connectivity index (χ2n) is 5.88. The molecule has 2 rings (SSSR count). The summed E-state index contributed by atoms with van der Waals surface area (Å²) in [5, 5.41) is 0. The van der Waals surface area contributed by atoms with Crippen molar-refractivity contribution >= 4 is 27.5 Å². The first-order chi connectivity index (χ1) is 11.3. The SMILES string of the molecule is CCS(=O)(=O)N(C)c1ccc(C(=O)N2CCC(C(N)=O)CC2)cc1. The van der Waals surface area contributed by atoms with Crippen LogP contribution in [0.2, 0.25) is 0 Å². The summed E-state index contributed by atoms with van der Waals surface area (Å²) >= 11 is 0. The van der Waals surface area contributed by atoms with Gasteiger partial charge in [0.05, 0.1) is 11.4 Å². The van der Waals surface area contributed by atoms with Gasteiger partial charge in [0.1, 0.15) is 0 Å². The Labute approximate surface area is 142 Å². The normalized spacial score (nSPS) is 16.0. The van der Waals surface area contributed by atoms with E-state index in [0.717, 1.165) is 0 Å². The maximum Gasteiger partial charge on any atom is 0.253 e. The summed E-state index contributed by atoms with van der Waals surface area (Å²) in [6.45, 7) is 2.58. The van der Waals surface area contributed by atoms with E-state index >= 15 is 0 Å². The molecule has 0 bridgehead atoms. The van der Waals surface area contributed by atoms with Gasteiger partial charge in [0.25, 0.3) is 5.91 Å². The zero-order valence-electron chi connectivity index (χ0n) is 13.9. The van der Waals surface area contributed by atoms with E-state index in [2.05, 4.69) is 0 Å². The van der Waals surface area contributed by atoms with Crippen LogP contribution in [0.4, 0.5) is 5.69 Å². The third kappa shape index (κ3) is 3.87. The molecule has 8 heteroatoms. The number of carbonyl (C=O) groups is 2. The summed E-state index contributed by atoms with van der Waals surface area (Å²) in [5.41, 5.74) is 6.31. The zero-order chi connectivity index (χ0) is 17.9. The number of hydrogen-bond acceptors (Lipinski definition) is 4. The standard InChI is InChI=1S/C16H23N3O4S/c1-3-24(22,23)18(2)14-6-4-13(5-7-14)16(21)19-10-8-12(9-11-19)15(17)20/h4-7,12H,3,8-11H2,1-2H3,(H2,17,20). The van der Waals surface area contributed by atoms with Crippen molar-refractivity contribution in [3.05, 3.63) is 29.8 Å². The van der Waals surface area contributed by atoms with Gasteiger partial charge in [-0.15, -0.1) is 0 Å². The molecule has 2 N–H and O–H groups in total. The molecule has 1 fully saturated rings. The molecule has 0 unspecified atom stereocenters. The van der Waals surface area contributed by atoms with Gasteiger partial charge in [-0.25, -0.2) is 8.42 Å². The molecule has 24 heavy (non-hydrogen) atoms. The molecule has 1 aromatic carbocycles. The Morgan fingerprint density at radius 1 is 1.21 bits per heavy atom. The number of nitrogens with two attached hydrogens (primary N) is 1. The number of amides is 2. The van der Waals surface area contributed by atoms with E-state index in [9.17, 15) is 18.0 Å². The third-order valence-electron chi connectivity index (χ3n) is 4.44. The first-order valence-electron chi connectivity index (χ1n) is 7.91. The van der Waals surface area contributed by atoms with Gasteiger partial charge in [0, 0.05) is 31.6 Å². The van der Waals surface area contributed by atoms with E-state index in [1.807, 2.05) is 0 Å². The van der Waals surface area contributed by atoms with E-state index < -0.39 is 10.0 Å². The lowest BCUT2D eigenvalue weighted by molar-refractivity contribution is -0.123. The number of primary amides is 1. The first-order valence-corrected chi connectivity index (χ1v) is 9.52. The van der Waals surface area contributed by atoms with Crippen LogP contribution in [0, 0.1) is 5.92 Å². The van der Waals surface area contributed by atoms with Gasteiger partial charge in [-0.3, -0.25) is 13.9 Å². The molecule has 132 valence electrons. The minimum Gasteiger partial charge on any atom is -0.369 e. The lowest BCUT2D eigenvalue weighted by atomic mass is 9.96. The van der Waals surface area contributed by atoms with E-state index in [4.69, 9.17) is 5.73 Å². The molecule has 0 saturated carbocycles. The summed E-state index contributed by atoms with van der Waals surface area (Å²) < 4.78 is 24.9. The van der Waals surface area contributed by atoms with Crippen molar-refractivity contribution in [2.24, 2.45) is 11.7 Å². The predicted molar refractivity (Wildman–Crippen MR) is 92.1 cm³/mol. The smallest absolute Gasteiger partial charge is 0.253 e. The van der Waals surface area contributed by atoms with Crippen molar-refractivity contribution < 1.29 is 18.0 Å². The molecule has 0 atom stereocenters. The van der Waals surface area contributed by atoms with Crippen LogP contribution < -0.4 is 10.0 Å². The molecule has 1 aliphatic rings. The van der Waals surface area contributed by atoms with Crippen molar-refractivity contribution in [1.29, 1.82) is 0 Å². The summed E-state index contributed by atoms with van der Waals surface area (Å²) in [4.78, 5) is 25.4. The Morgan fingerprint density at radius 2 is 1.75 bits per heavy atom. The van der Waals surface area contributed by atoms with E-state index in [1.54, 1.807) is 36.1 Å². The molecular formula is C16H23N3O4S. The quantitative estimate of drug-likeness (QED) is 0.846. The molecule has 0 aromatic heterocycles. The van der Waals surface area contributed by atoms with Crippen LogP contribution in [-0.2, 0) is 14.8 Å². The van der Waals surface area contributed by atoms with Crippen LogP contribution >= 0.6 is 0 Å². The Bertz CT molecular complexity index is 707. The Hall–Kier alpha value is -2.09. The second-order valence-corrected chi connectivity index (χ2v) is 8.17. The van der Waals surface area contributed by atoms with E-state index in [1.165, 1.54) is 11.4 Å². The molecule has 2 amide bonds. The molecule has 1 aliphatic heterocycles. The number of likely N-dealkylation sites (tertiary alicyclic amines) is 1. The van der Waals surface area contributed by atoms with Crippen molar-refractivity contribution in [2.75, 3.05) is 30.2 Å². The fraction of sp³-hybridized carbons (Fsp3) is 0.500. The molecule has 7 nitrogen and oxygen atoms in total. The lowest BCUT2D eigenvalue weighted by Crippen LogP contribution is -2.41. The zero-order valence-corrected chi connectivity index (χ0v) is 14.8. The molecule has 1 aromatic rings. The fourth-order valence-corrected chi connectivity index (χ4v) is 3.55. The van der Waals surface area contributed by atoms with Gasteiger partial charge in [-0.2, -0.15) is 0 Å². The van der Waals surface area contributed by atoms with Crippen LogP contribution in [0.25, 0.3) is 0 Å². The van der Waals surface area contributed by atoms with Crippen molar-refractivity contribution in [2.45, 2.75) is 19.8 Å². The van der Waals surface area contributed by atoms with Crippen LogP contribution in [0.5, 0.6) is 0 Å². The minimum atomic E-state index is -3.32. The highest BCUT2D eigenvalue weighted by atomic mass is 32.2. The van der Waals surface area contributed by atoms with Crippen molar-refractivity contribution in [1.82, 2.24) is 4.90 Å². The number of carbonyl (C=O) groups excluding carboxylic acids is 2. The largest absolute Gasteiger partial charge is 0.369 e. The average molecular weight is 353 g/mol. The van der Waals surface area contributed by atoms with Gasteiger partial charge in [0.2, 0.25) is 15.9 Å². The summed E-state index contributed by atoms with van der Waals surface area (Å²) in [7, 11) is -1.83. The minimum absolute atomic E-state index is 0.0129. The van der Waals surface area contributed by atoms with Crippen LogP contribution in [0.1, 0.15) is 30.1 Å². The third-order valence-corrected chi connectivity index (χ3v) is 6.22. The summed E-state index contributed by atoms with van der Waals surface area (Å²) in [6, 6.07) is 6.49. The Morgan fingerprint density at radius 3 is 2.21 bits per heavy atom. The maximum atomic E-state index is 12.5. The number of hydrogen-bond donors (Lipinski definition) is 1. The van der Waals surface area contributed by atoms with Crippen LogP contribution in [-0.4, -0.2) is 51.0 Å². The Balaban J connectivity index is 2.06. The van der Waals surface area contributed by atoms with E-state index in [-0.39, 0.29) is 23.5 Å². The monoisotopic (exact) mass is 353 g/mol. The van der Waals surface area contributed by atoms with Gasteiger partial charge in [0.15, 0.2) is 0 Å². The average Bonchev–Trinajstić information content (AvgIpc) is 2.60. The van der Waals surface area contributed by atoms with Gasteiger partial charge in [-0.05, 0) is 44.0 Å². The fourth-order valence-electron chi connectivity index (χ4n) is 2.72. The molecule has 1 heterocycles. The number of anilines is 1. The molecule has 0 radical (unpaired) electrons. The van der Waals surface area contributed by atoms with Crippen molar-refractivity contribution in [3.8, 4) is 0 Å². The predicted octanol–water partition coefficient (Wildman–Crippen LogP) is 0.810. The number of sulfonamides is 1. The highest BCUT2D eigenvalue weighted by Crippen LogP contribution is 2.21. The van der Waals surface area contributed by atoms with Crippen molar-refractivity contribution in [3.63, 3.8) is 0 Å². The number of piperidine rings is 1. The maximum absolute atomic E-state index is 12.5. The summed E-state index contributed by atoms with van der Waals surface area (Å²) in [6.07, 6.45) is 1.16. The highest BCUT2D eigenvalue weighted by Gasteiger charge is 2.26. The number of rotatable bonds is 5. The van der Waals surface area contributed by atoms with Crippen LogP contribution in [0.3, 0.4) is 0 Å². The topological polar surface area (TPSA) is 101 Å². The number of benzene rings is 1. The highest BCUT2D eigenvalue weighted by molar-refractivity contribution is 7.92. The lowest BCUT2D eigenvalue weighted by Gasteiger charge is -2.30. The van der Waals surface area contributed by atoms with Crippen LogP contribution in [0.15, 0.2) is 24.3 Å². The molecule has 0 spiro atoms. The Kier molecular flexibility index (Phi) is 5.48. The number of nitrogens with zero attached hydrogens (tertiary/aromatic N) is 2. The summed E-state index contributed by atoms with van der Waals surface area (Å²) in [5.74, 6) is -0.583. The second kappa shape index (κ2) is 7.21.